The first kappa shape index (κ1) is 31.9. The van der Waals surface area contributed by atoms with Crippen molar-refractivity contribution in [2.75, 3.05) is 6.61 Å². The molecule has 226 valence electrons. The van der Waals surface area contributed by atoms with Gasteiger partial charge >= 0.3 is 0 Å². The van der Waals surface area contributed by atoms with Gasteiger partial charge in [0.25, 0.3) is 0 Å². The zero-order chi connectivity index (χ0) is 30.3. The van der Waals surface area contributed by atoms with Gasteiger partial charge in [-0.05, 0) is 52.8 Å². The predicted octanol–water partition coefficient (Wildman–Crippen LogP) is 5.93. The van der Waals surface area contributed by atoms with Crippen molar-refractivity contribution in [2.45, 2.75) is 71.3 Å². The molecule has 0 spiro atoms. The summed E-state index contributed by atoms with van der Waals surface area (Å²) < 4.78 is 6.20. The third-order valence-corrected chi connectivity index (χ3v) is 7.83. The standard InChI is InChI=1S/C36H44N4O3/c1-3-27(2)35(36(42)39-23-28-13-5-4-6-14-28)40-34(41)21-12-19-32(38-24-31-18-9-10-22-37-31)26-43-25-30-17-11-16-29-15-7-8-20-33(29)30/h4-11,13-18,20,22,27,32,35,38H,3,12,19,21,23-26H2,1-2H3,(H,39,42)(H,40,41). The Kier molecular flexibility index (Phi) is 12.7. The molecule has 0 saturated carbocycles. The quantitative estimate of drug-likeness (QED) is 0.144. The van der Waals surface area contributed by atoms with Crippen molar-refractivity contribution in [3.05, 3.63) is 114 Å². The van der Waals surface area contributed by atoms with Gasteiger partial charge in [-0.25, -0.2) is 0 Å². The lowest BCUT2D eigenvalue weighted by Gasteiger charge is -2.24. The molecule has 3 N–H and O–H groups in total. The van der Waals surface area contributed by atoms with Gasteiger partial charge in [-0.15, -0.1) is 0 Å². The lowest BCUT2D eigenvalue weighted by molar-refractivity contribution is -0.130. The second-order valence-electron chi connectivity index (χ2n) is 11.1. The Balaban J connectivity index is 1.29. The fourth-order valence-corrected chi connectivity index (χ4v) is 5.08. The normalized spacial score (nSPS) is 13.3. The predicted molar refractivity (Wildman–Crippen MR) is 172 cm³/mol. The molecule has 4 rings (SSSR count). The minimum absolute atomic E-state index is 0.0231. The molecule has 0 bridgehead atoms. The van der Waals surface area contributed by atoms with Crippen LogP contribution in [0.5, 0.6) is 0 Å². The first-order valence-electron chi connectivity index (χ1n) is 15.3. The van der Waals surface area contributed by atoms with Crippen LogP contribution >= 0.6 is 0 Å². The van der Waals surface area contributed by atoms with E-state index < -0.39 is 6.04 Å². The van der Waals surface area contributed by atoms with Crippen LogP contribution in [0.2, 0.25) is 0 Å². The van der Waals surface area contributed by atoms with Crippen LogP contribution in [0.4, 0.5) is 0 Å². The number of hydrogen-bond acceptors (Lipinski definition) is 5. The maximum atomic E-state index is 13.0. The molecule has 1 aromatic heterocycles. The molecular weight excluding hydrogens is 536 g/mol. The molecule has 3 atom stereocenters. The summed E-state index contributed by atoms with van der Waals surface area (Å²) in [5, 5.41) is 12.0. The summed E-state index contributed by atoms with van der Waals surface area (Å²) in [7, 11) is 0. The van der Waals surface area contributed by atoms with E-state index in [4.69, 9.17) is 4.74 Å². The van der Waals surface area contributed by atoms with Crippen LogP contribution in [0, 0.1) is 5.92 Å². The van der Waals surface area contributed by atoms with Crippen molar-refractivity contribution in [3.63, 3.8) is 0 Å². The average molecular weight is 581 g/mol. The first-order chi connectivity index (χ1) is 21.0. The van der Waals surface area contributed by atoms with Crippen LogP contribution in [0.15, 0.2) is 97.2 Å². The molecule has 3 unspecified atom stereocenters. The summed E-state index contributed by atoms with van der Waals surface area (Å²) in [6.07, 6.45) is 4.34. The van der Waals surface area contributed by atoms with Crippen LogP contribution in [-0.4, -0.2) is 35.5 Å². The Labute approximate surface area is 255 Å². The molecule has 4 aromatic rings. The number of carbonyl (C=O) groups excluding carboxylic acids is 2. The van der Waals surface area contributed by atoms with Gasteiger partial charge in [0.05, 0.1) is 18.9 Å². The highest BCUT2D eigenvalue weighted by atomic mass is 16.5. The highest BCUT2D eigenvalue weighted by Crippen LogP contribution is 2.19. The molecule has 0 aliphatic heterocycles. The molecular formula is C36H44N4O3. The molecule has 43 heavy (non-hydrogen) atoms. The van der Waals surface area contributed by atoms with Crippen molar-refractivity contribution in [2.24, 2.45) is 5.92 Å². The van der Waals surface area contributed by atoms with Gasteiger partial charge < -0.3 is 20.7 Å². The topological polar surface area (TPSA) is 92.3 Å². The van der Waals surface area contributed by atoms with E-state index in [0.717, 1.165) is 29.7 Å². The van der Waals surface area contributed by atoms with E-state index in [9.17, 15) is 9.59 Å². The molecule has 0 saturated heterocycles. The first-order valence-corrected chi connectivity index (χ1v) is 15.3. The molecule has 2 amide bonds. The van der Waals surface area contributed by atoms with Crippen LogP contribution < -0.4 is 16.0 Å². The summed E-state index contributed by atoms with van der Waals surface area (Å²) in [6.45, 7) is 6.10. The zero-order valence-corrected chi connectivity index (χ0v) is 25.3. The number of ether oxygens (including phenoxy) is 1. The molecule has 3 aromatic carbocycles. The van der Waals surface area contributed by atoms with E-state index in [1.54, 1.807) is 6.20 Å². The molecule has 0 fully saturated rings. The van der Waals surface area contributed by atoms with Crippen molar-refractivity contribution in [1.29, 1.82) is 0 Å². The minimum Gasteiger partial charge on any atom is -0.375 e. The number of aromatic nitrogens is 1. The van der Waals surface area contributed by atoms with E-state index in [1.165, 1.54) is 10.8 Å². The fourth-order valence-electron chi connectivity index (χ4n) is 5.08. The van der Waals surface area contributed by atoms with E-state index in [0.29, 0.717) is 39.1 Å². The SMILES string of the molecule is CCC(C)C(NC(=O)CCCC(COCc1cccc2ccccc12)NCc1ccccn1)C(=O)NCc1ccccc1. The Morgan fingerprint density at radius 1 is 0.884 bits per heavy atom. The lowest BCUT2D eigenvalue weighted by atomic mass is 9.97. The highest BCUT2D eigenvalue weighted by molar-refractivity contribution is 5.88. The maximum Gasteiger partial charge on any atom is 0.243 e. The molecule has 0 aliphatic rings. The van der Waals surface area contributed by atoms with Crippen LogP contribution in [0.25, 0.3) is 10.8 Å². The smallest absolute Gasteiger partial charge is 0.243 e. The molecule has 0 radical (unpaired) electrons. The third-order valence-electron chi connectivity index (χ3n) is 7.83. The van der Waals surface area contributed by atoms with Crippen LogP contribution in [0.3, 0.4) is 0 Å². The van der Waals surface area contributed by atoms with Crippen molar-refractivity contribution >= 4 is 22.6 Å². The third kappa shape index (κ3) is 10.3. The van der Waals surface area contributed by atoms with Crippen molar-refractivity contribution in [1.82, 2.24) is 20.9 Å². The van der Waals surface area contributed by atoms with Gasteiger partial charge in [-0.1, -0.05) is 99.1 Å². The Hall–Kier alpha value is -4.07. The monoisotopic (exact) mass is 580 g/mol. The van der Waals surface area contributed by atoms with Gasteiger partial charge in [0.2, 0.25) is 11.8 Å². The number of hydrogen-bond donors (Lipinski definition) is 3. The minimum atomic E-state index is -0.566. The zero-order valence-electron chi connectivity index (χ0n) is 25.3. The van der Waals surface area contributed by atoms with E-state index >= 15 is 0 Å². The van der Waals surface area contributed by atoms with Gasteiger partial charge in [-0.2, -0.15) is 0 Å². The van der Waals surface area contributed by atoms with Crippen LogP contribution in [0.1, 0.15) is 56.4 Å². The molecule has 7 nitrogen and oxygen atoms in total. The summed E-state index contributed by atoms with van der Waals surface area (Å²) in [5.41, 5.74) is 3.14. The Morgan fingerprint density at radius 2 is 1.65 bits per heavy atom. The Bertz CT molecular complexity index is 1410. The maximum absolute atomic E-state index is 13.0. The van der Waals surface area contributed by atoms with E-state index in [-0.39, 0.29) is 23.8 Å². The highest BCUT2D eigenvalue weighted by Gasteiger charge is 2.25. The second-order valence-corrected chi connectivity index (χ2v) is 11.1. The summed E-state index contributed by atoms with van der Waals surface area (Å²) >= 11 is 0. The van der Waals surface area contributed by atoms with Crippen LogP contribution in [-0.2, 0) is 34.0 Å². The van der Waals surface area contributed by atoms with E-state index in [1.807, 2.05) is 74.5 Å². The number of nitrogens with zero attached hydrogens (tertiary/aromatic N) is 1. The number of amides is 2. The number of fused-ring (bicyclic) bond motifs is 1. The molecule has 0 aliphatic carbocycles. The number of rotatable bonds is 17. The van der Waals surface area contributed by atoms with Gasteiger partial charge in [0, 0.05) is 31.7 Å². The molecule has 7 heteroatoms. The number of pyridine rings is 1. The number of carbonyl (C=O) groups is 2. The fraction of sp³-hybridized carbons (Fsp3) is 0.361. The molecule has 1 heterocycles. The van der Waals surface area contributed by atoms with Crippen molar-refractivity contribution < 1.29 is 14.3 Å². The lowest BCUT2D eigenvalue weighted by Crippen LogP contribution is -2.50. The summed E-state index contributed by atoms with van der Waals surface area (Å²) in [5.74, 6) is -0.237. The average Bonchev–Trinajstić information content (AvgIpc) is 3.05. The van der Waals surface area contributed by atoms with Gasteiger partial charge in [-0.3, -0.25) is 14.6 Å². The number of nitrogens with one attached hydrogen (secondary N) is 3. The largest absolute Gasteiger partial charge is 0.375 e. The van der Waals surface area contributed by atoms with Crippen molar-refractivity contribution in [3.8, 4) is 0 Å². The Morgan fingerprint density at radius 3 is 2.44 bits per heavy atom. The van der Waals surface area contributed by atoms with E-state index in [2.05, 4.69) is 51.3 Å². The summed E-state index contributed by atoms with van der Waals surface area (Å²) in [4.78, 5) is 30.4. The number of benzene rings is 3. The van der Waals surface area contributed by atoms with Gasteiger partial charge in [0.1, 0.15) is 6.04 Å². The summed E-state index contributed by atoms with van der Waals surface area (Å²) in [6, 6.07) is 29.7. The second kappa shape index (κ2) is 17.1. The van der Waals surface area contributed by atoms with Gasteiger partial charge in [0.15, 0.2) is 0 Å².